The number of hydrogen-bond acceptors (Lipinski definition) is 3. The Balaban J connectivity index is 1.71. The minimum Gasteiger partial charge on any atom is -0.398 e. The third-order valence-corrected chi connectivity index (χ3v) is 4.38. The highest BCUT2D eigenvalue weighted by molar-refractivity contribution is 5.95. The van der Waals surface area contributed by atoms with Crippen molar-refractivity contribution in [3.05, 3.63) is 29.3 Å². The minimum atomic E-state index is 0.127. The Hall–Kier alpha value is -1.55. The lowest BCUT2D eigenvalue weighted by Crippen LogP contribution is -2.27. The molecule has 3 rings (SSSR count). The second-order valence-corrected chi connectivity index (χ2v) is 5.90. The third-order valence-electron chi connectivity index (χ3n) is 4.38. The van der Waals surface area contributed by atoms with Crippen molar-refractivity contribution >= 4 is 11.6 Å². The molecule has 0 spiro atoms. The number of rotatable bonds is 3. The molecule has 108 valence electrons. The van der Waals surface area contributed by atoms with E-state index in [0.717, 1.165) is 62.4 Å². The van der Waals surface area contributed by atoms with Gasteiger partial charge in [-0.05, 0) is 56.5 Å². The van der Waals surface area contributed by atoms with E-state index in [1.54, 1.807) is 0 Å². The van der Waals surface area contributed by atoms with Crippen molar-refractivity contribution < 1.29 is 4.79 Å². The predicted molar refractivity (Wildman–Crippen MR) is 80.5 cm³/mol. The summed E-state index contributed by atoms with van der Waals surface area (Å²) in [6.45, 7) is 4.99. The Bertz CT molecular complexity index is 488. The molecule has 20 heavy (non-hydrogen) atoms. The van der Waals surface area contributed by atoms with Gasteiger partial charge in [0.1, 0.15) is 0 Å². The number of likely N-dealkylation sites (tertiary alicyclic amines) is 2. The molecule has 0 aliphatic carbocycles. The molecule has 4 heteroatoms. The number of carbonyl (C=O) groups is 1. The quantitative estimate of drug-likeness (QED) is 0.858. The summed E-state index contributed by atoms with van der Waals surface area (Å²) >= 11 is 0. The van der Waals surface area contributed by atoms with Crippen LogP contribution < -0.4 is 5.73 Å². The van der Waals surface area contributed by atoms with Crippen molar-refractivity contribution in [2.75, 3.05) is 31.9 Å². The van der Waals surface area contributed by atoms with Crippen molar-refractivity contribution in [1.29, 1.82) is 0 Å². The van der Waals surface area contributed by atoms with Gasteiger partial charge < -0.3 is 10.6 Å². The summed E-state index contributed by atoms with van der Waals surface area (Å²) in [5, 5.41) is 0. The second kappa shape index (κ2) is 5.83. The highest BCUT2D eigenvalue weighted by atomic mass is 16.2. The first-order chi connectivity index (χ1) is 9.74. The average Bonchev–Trinajstić information content (AvgIpc) is 3.12. The van der Waals surface area contributed by atoms with Crippen LogP contribution in [0.25, 0.3) is 0 Å². The van der Waals surface area contributed by atoms with Crippen LogP contribution in [0.1, 0.15) is 41.6 Å². The number of anilines is 1. The lowest BCUT2D eigenvalue weighted by molar-refractivity contribution is 0.0793. The summed E-state index contributed by atoms with van der Waals surface area (Å²) in [6.07, 6.45) is 4.80. The lowest BCUT2D eigenvalue weighted by Gasteiger charge is -2.18. The van der Waals surface area contributed by atoms with E-state index < -0.39 is 0 Å². The van der Waals surface area contributed by atoms with Crippen LogP contribution in [-0.4, -0.2) is 41.9 Å². The van der Waals surface area contributed by atoms with E-state index in [1.807, 2.05) is 23.1 Å². The van der Waals surface area contributed by atoms with Gasteiger partial charge in [0.25, 0.3) is 5.91 Å². The molecule has 0 aromatic heterocycles. The lowest BCUT2D eigenvalue weighted by atomic mass is 10.1. The van der Waals surface area contributed by atoms with Crippen molar-refractivity contribution in [2.24, 2.45) is 0 Å². The van der Waals surface area contributed by atoms with E-state index in [0.29, 0.717) is 0 Å². The molecule has 0 radical (unpaired) electrons. The van der Waals surface area contributed by atoms with Gasteiger partial charge in [-0.3, -0.25) is 9.69 Å². The molecule has 2 N–H and O–H groups in total. The maximum atomic E-state index is 12.3. The molecular weight excluding hydrogens is 250 g/mol. The Morgan fingerprint density at radius 1 is 1.05 bits per heavy atom. The third kappa shape index (κ3) is 2.80. The zero-order valence-corrected chi connectivity index (χ0v) is 12.0. The molecule has 0 atom stereocenters. The molecule has 0 unspecified atom stereocenters. The zero-order valence-electron chi connectivity index (χ0n) is 12.0. The fourth-order valence-electron chi connectivity index (χ4n) is 3.16. The molecule has 1 amide bonds. The molecule has 4 nitrogen and oxygen atoms in total. The topological polar surface area (TPSA) is 49.6 Å². The number of nitrogens with zero attached hydrogens (tertiary/aromatic N) is 2. The van der Waals surface area contributed by atoms with Gasteiger partial charge in [-0.2, -0.15) is 0 Å². The van der Waals surface area contributed by atoms with Crippen LogP contribution in [0.5, 0.6) is 0 Å². The van der Waals surface area contributed by atoms with Crippen LogP contribution in [0.2, 0.25) is 0 Å². The van der Waals surface area contributed by atoms with Gasteiger partial charge in [-0.25, -0.2) is 0 Å². The smallest absolute Gasteiger partial charge is 0.253 e. The van der Waals surface area contributed by atoms with Crippen molar-refractivity contribution in [3.63, 3.8) is 0 Å². The van der Waals surface area contributed by atoms with Crippen LogP contribution in [-0.2, 0) is 6.54 Å². The van der Waals surface area contributed by atoms with Gasteiger partial charge in [0.15, 0.2) is 0 Å². The largest absolute Gasteiger partial charge is 0.398 e. The van der Waals surface area contributed by atoms with Crippen LogP contribution in [0, 0.1) is 0 Å². The second-order valence-electron chi connectivity index (χ2n) is 5.90. The number of nitrogens with two attached hydrogens (primary N) is 1. The maximum Gasteiger partial charge on any atom is 0.253 e. The average molecular weight is 273 g/mol. The van der Waals surface area contributed by atoms with Gasteiger partial charge in [0, 0.05) is 30.9 Å². The van der Waals surface area contributed by atoms with E-state index in [1.165, 1.54) is 12.8 Å². The van der Waals surface area contributed by atoms with E-state index in [2.05, 4.69) is 4.90 Å². The monoisotopic (exact) mass is 273 g/mol. The molecule has 2 fully saturated rings. The molecule has 2 aliphatic rings. The number of nitrogen functional groups attached to an aromatic ring is 1. The normalized spacial score (nSPS) is 19.7. The van der Waals surface area contributed by atoms with Gasteiger partial charge >= 0.3 is 0 Å². The van der Waals surface area contributed by atoms with Crippen molar-refractivity contribution in [1.82, 2.24) is 9.80 Å². The Morgan fingerprint density at radius 3 is 2.35 bits per heavy atom. The summed E-state index contributed by atoms with van der Waals surface area (Å²) in [5.74, 6) is 0.127. The zero-order chi connectivity index (χ0) is 13.9. The first kappa shape index (κ1) is 13.4. The molecule has 2 aliphatic heterocycles. The minimum absolute atomic E-state index is 0.127. The number of amides is 1. The van der Waals surface area contributed by atoms with E-state index in [9.17, 15) is 4.79 Å². The SMILES string of the molecule is Nc1cc(C(=O)N2CCCC2)ccc1CN1CCCC1. The highest BCUT2D eigenvalue weighted by Gasteiger charge is 2.20. The molecular formula is C16H23N3O. The number of benzene rings is 1. The fourth-order valence-corrected chi connectivity index (χ4v) is 3.16. The maximum absolute atomic E-state index is 12.3. The summed E-state index contributed by atoms with van der Waals surface area (Å²) in [5.41, 5.74) is 8.76. The summed E-state index contributed by atoms with van der Waals surface area (Å²) in [4.78, 5) is 16.7. The van der Waals surface area contributed by atoms with Gasteiger partial charge in [0.2, 0.25) is 0 Å². The Morgan fingerprint density at radius 2 is 1.70 bits per heavy atom. The Kier molecular flexibility index (Phi) is 3.92. The molecule has 0 saturated carbocycles. The van der Waals surface area contributed by atoms with Gasteiger partial charge in [-0.15, -0.1) is 0 Å². The van der Waals surface area contributed by atoms with Gasteiger partial charge in [0.05, 0.1) is 0 Å². The van der Waals surface area contributed by atoms with Crippen LogP contribution in [0.15, 0.2) is 18.2 Å². The van der Waals surface area contributed by atoms with Gasteiger partial charge in [-0.1, -0.05) is 6.07 Å². The summed E-state index contributed by atoms with van der Waals surface area (Å²) < 4.78 is 0. The molecule has 2 heterocycles. The van der Waals surface area contributed by atoms with E-state index >= 15 is 0 Å². The summed E-state index contributed by atoms with van der Waals surface area (Å²) in [7, 11) is 0. The Labute approximate surface area is 120 Å². The molecule has 2 saturated heterocycles. The fraction of sp³-hybridized carbons (Fsp3) is 0.562. The first-order valence-corrected chi connectivity index (χ1v) is 7.64. The van der Waals surface area contributed by atoms with E-state index in [-0.39, 0.29) is 5.91 Å². The van der Waals surface area contributed by atoms with Crippen LogP contribution in [0.4, 0.5) is 5.69 Å². The predicted octanol–water partition coefficient (Wildman–Crippen LogP) is 2.10. The number of carbonyl (C=O) groups excluding carboxylic acids is 1. The molecule has 1 aromatic rings. The molecule has 1 aromatic carbocycles. The highest BCUT2D eigenvalue weighted by Crippen LogP contribution is 2.21. The van der Waals surface area contributed by atoms with Crippen LogP contribution in [0.3, 0.4) is 0 Å². The first-order valence-electron chi connectivity index (χ1n) is 7.64. The standard InChI is InChI=1S/C16H23N3O/c17-15-11-13(16(20)19-9-3-4-10-19)5-6-14(15)12-18-7-1-2-8-18/h5-6,11H,1-4,7-10,12,17H2. The van der Waals surface area contributed by atoms with Crippen LogP contribution >= 0.6 is 0 Å². The number of hydrogen-bond donors (Lipinski definition) is 1. The van der Waals surface area contributed by atoms with Crippen molar-refractivity contribution in [3.8, 4) is 0 Å². The molecule has 0 bridgehead atoms. The van der Waals surface area contributed by atoms with E-state index in [4.69, 9.17) is 5.73 Å². The van der Waals surface area contributed by atoms with Crippen molar-refractivity contribution in [2.45, 2.75) is 32.2 Å². The summed E-state index contributed by atoms with van der Waals surface area (Å²) in [6, 6.07) is 5.81.